The quantitative estimate of drug-likeness (QED) is 0.456. The highest BCUT2D eigenvalue weighted by Crippen LogP contribution is 2.33. The molecule has 3 heteroatoms. The first kappa shape index (κ1) is 13.7. The fourth-order valence-corrected chi connectivity index (χ4v) is 3.42. The summed E-state index contributed by atoms with van der Waals surface area (Å²) in [7, 11) is 2.15. The number of aryl methyl sites for hydroxylation is 1. The average molecular weight is 348 g/mol. The third-order valence-corrected chi connectivity index (χ3v) is 4.67. The van der Waals surface area contributed by atoms with E-state index in [0.29, 0.717) is 0 Å². The maximum absolute atomic E-state index is 3.61. The Balaban J connectivity index is 2.19. The Morgan fingerprint density at radius 1 is 0.818 bits per heavy atom. The van der Waals surface area contributed by atoms with Crippen LogP contribution < -0.4 is 5.46 Å². The van der Waals surface area contributed by atoms with Crippen LogP contribution in [0.5, 0.6) is 0 Å². The van der Waals surface area contributed by atoms with Gasteiger partial charge < -0.3 is 4.57 Å². The summed E-state index contributed by atoms with van der Waals surface area (Å²) in [5.41, 5.74) is 6.26. The number of nitrogens with zero attached hydrogens (tertiary/aromatic N) is 1. The largest absolute Gasteiger partial charge is 0.309 e. The van der Waals surface area contributed by atoms with Crippen LogP contribution in [0.1, 0.15) is 5.56 Å². The number of benzene rings is 3. The van der Waals surface area contributed by atoms with Gasteiger partial charge >= 0.3 is 0 Å². The Labute approximate surface area is 139 Å². The van der Waals surface area contributed by atoms with E-state index in [9.17, 15) is 0 Å². The van der Waals surface area contributed by atoms with E-state index in [1.807, 2.05) is 0 Å². The second kappa shape index (κ2) is 5.03. The summed E-state index contributed by atoms with van der Waals surface area (Å²) in [4.78, 5) is 0. The Morgan fingerprint density at radius 3 is 2.18 bits per heavy atom. The minimum atomic E-state index is 1.10. The Hall–Kier alpha value is -2.00. The van der Waals surface area contributed by atoms with E-state index in [2.05, 4.69) is 95.9 Å². The molecule has 1 nitrogen and oxygen atoms in total. The summed E-state index contributed by atoms with van der Waals surface area (Å²) in [6, 6.07) is 21.9. The molecule has 1 heterocycles. The number of halogens is 1. The molecule has 0 unspecified atom stereocenters. The van der Waals surface area contributed by atoms with Crippen LogP contribution in [0.15, 0.2) is 65.1 Å². The van der Waals surface area contributed by atoms with Gasteiger partial charge in [0.15, 0.2) is 0 Å². The second-order valence-corrected chi connectivity index (χ2v) is 6.77. The van der Waals surface area contributed by atoms with Crippen molar-refractivity contribution in [2.45, 2.75) is 6.92 Å². The maximum atomic E-state index is 3.61. The lowest BCUT2D eigenvalue weighted by atomic mass is 9.95. The molecule has 0 N–H and O–H groups in total. The van der Waals surface area contributed by atoms with Crippen molar-refractivity contribution in [2.24, 2.45) is 0 Å². The van der Waals surface area contributed by atoms with Gasteiger partial charge in [-0.3, -0.25) is 0 Å². The molecule has 106 valence electrons. The molecule has 0 fully saturated rings. The molecule has 0 saturated carbocycles. The van der Waals surface area contributed by atoms with Gasteiger partial charge in [-0.15, -0.1) is 0 Å². The van der Waals surface area contributed by atoms with Gasteiger partial charge in [-0.1, -0.05) is 57.3 Å². The van der Waals surface area contributed by atoms with E-state index < -0.39 is 0 Å². The van der Waals surface area contributed by atoms with Crippen LogP contribution in [0, 0.1) is 6.92 Å². The first-order valence-corrected chi connectivity index (χ1v) is 8.20. The van der Waals surface area contributed by atoms with Crippen LogP contribution in [0.3, 0.4) is 0 Å². The monoisotopic (exact) mass is 347 g/mol. The number of fused-ring (bicyclic) bond motifs is 3. The molecule has 0 aliphatic heterocycles. The topological polar surface area (TPSA) is 4.93 Å². The third kappa shape index (κ3) is 2.08. The van der Waals surface area contributed by atoms with Gasteiger partial charge in [-0.25, -0.2) is 0 Å². The lowest BCUT2D eigenvalue weighted by Gasteiger charge is -2.08. The molecule has 3 aromatic carbocycles. The predicted molar refractivity (Wildman–Crippen MR) is 101 cm³/mol. The Morgan fingerprint density at radius 2 is 1.45 bits per heavy atom. The van der Waals surface area contributed by atoms with Crippen LogP contribution in [0.2, 0.25) is 0 Å². The van der Waals surface area contributed by atoms with Gasteiger partial charge in [0, 0.05) is 20.9 Å². The summed E-state index contributed by atoms with van der Waals surface area (Å²) in [6.45, 7) is 2.12. The Bertz CT molecular complexity index is 940. The first-order chi connectivity index (χ1) is 10.6. The zero-order valence-electron chi connectivity index (χ0n) is 12.6. The minimum Gasteiger partial charge on any atom is -0.309 e. The van der Waals surface area contributed by atoms with Crippen LogP contribution in [0.25, 0.3) is 27.5 Å². The van der Waals surface area contributed by atoms with Crippen molar-refractivity contribution in [1.29, 1.82) is 0 Å². The molecular formula is C19H15BBrN. The number of rotatable bonds is 1. The van der Waals surface area contributed by atoms with Crippen LogP contribution in [-0.4, -0.2) is 12.4 Å². The lowest BCUT2D eigenvalue weighted by Crippen LogP contribution is -2.02. The SMILES string of the molecule is Bc1ccc2c3ccc(Br)cc3n(-c3ccc(C)cc3)c2c1. The fraction of sp³-hybridized carbons (Fsp3) is 0.0526. The molecule has 0 spiro atoms. The second-order valence-electron chi connectivity index (χ2n) is 5.85. The zero-order valence-corrected chi connectivity index (χ0v) is 14.2. The number of hydrogen-bond acceptors (Lipinski definition) is 0. The van der Waals surface area contributed by atoms with Crippen molar-refractivity contribution in [3.63, 3.8) is 0 Å². The molecule has 4 rings (SSSR count). The molecule has 0 saturated heterocycles. The fourth-order valence-electron chi connectivity index (χ4n) is 3.07. The molecule has 0 aliphatic rings. The van der Waals surface area contributed by atoms with E-state index in [-0.39, 0.29) is 0 Å². The molecule has 1 aromatic heterocycles. The number of aromatic nitrogens is 1. The van der Waals surface area contributed by atoms with Crippen molar-refractivity contribution >= 4 is 51.0 Å². The van der Waals surface area contributed by atoms with Crippen molar-refractivity contribution < 1.29 is 0 Å². The van der Waals surface area contributed by atoms with Crippen LogP contribution >= 0.6 is 15.9 Å². The standard InChI is InChI=1S/C19H15BBrN/c1-12-2-6-15(7-3-12)22-18-10-13(20)4-8-16(18)17-9-5-14(21)11-19(17)22/h2-11H,20H2,1H3. The lowest BCUT2D eigenvalue weighted by molar-refractivity contribution is 1.17. The molecule has 0 bridgehead atoms. The molecule has 0 radical (unpaired) electrons. The molecule has 4 aromatic rings. The molecule has 0 atom stereocenters. The van der Waals surface area contributed by atoms with Gasteiger partial charge in [0.25, 0.3) is 0 Å². The minimum absolute atomic E-state index is 1.10. The van der Waals surface area contributed by atoms with Gasteiger partial charge in [-0.05, 0) is 37.3 Å². The van der Waals surface area contributed by atoms with Crippen molar-refractivity contribution in [1.82, 2.24) is 4.57 Å². The van der Waals surface area contributed by atoms with Crippen molar-refractivity contribution in [3.8, 4) is 5.69 Å². The molecule has 22 heavy (non-hydrogen) atoms. The van der Waals surface area contributed by atoms with Crippen LogP contribution in [0.4, 0.5) is 0 Å². The maximum Gasteiger partial charge on any atom is 0.139 e. The predicted octanol–water partition coefficient (Wildman–Crippen LogP) is 4.11. The smallest absolute Gasteiger partial charge is 0.139 e. The highest BCUT2D eigenvalue weighted by atomic mass is 79.9. The highest BCUT2D eigenvalue weighted by molar-refractivity contribution is 9.10. The van der Waals surface area contributed by atoms with Crippen LogP contribution in [-0.2, 0) is 0 Å². The van der Waals surface area contributed by atoms with Gasteiger partial charge in [0.1, 0.15) is 7.85 Å². The van der Waals surface area contributed by atoms with E-state index in [1.165, 1.54) is 38.5 Å². The van der Waals surface area contributed by atoms with Gasteiger partial charge in [0.2, 0.25) is 0 Å². The highest BCUT2D eigenvalue weighted by Gasteiger charge is 2.12. The van der Waals surface area contributed by atoms with Crippen molar-refractivity contribution in [2.75, 3.05) is 0 Å². The Kier molecular flexibility index (Phi) is 3.12. The average Bonchev–Trinajstić information content (AvgIpc) is 2.80. The van der Waals surface area contributed by atoms with Gasteiger partial charge in [0.05, 0.1) is 11.0 Å². The van der Waals surface area contributed by atoms with Gasteiger partial charge in [-0.2, -0.15) is 0 Å². The molecule has 0 amide bonds. The third-order valence-electron chi connectivity index (χ3n) is 4.18. The van der Waals surface area contributed by atoms with Crippen molar-refractivity contribution in [3.05, 3.63) is 70.7 Å². The number of hydrogen-bond donors (Lipinski definition) is 0. The molecular weight excluding hydrogens is 333 g/mol. The summed E-state index contributed by atoms with van der Waals surface area (Å²) in [6.07, 6.45) is 0. The molecule has 0 aliphatic carbocycles. The summed E-state index contributed by atoms with van der Waals surface area (Å²) < 4.78 is 3.45. The summed E-state index contributed by atoms with van der Waals surface area (Å²) in [5.74, 6) is 0. The van der Waals surface area contributed by atoms with E-state index in [1.54, 1.807) is 0 Å². The van der Waals surface area contributed by atoms with E-state index in [0.717, 1.165) is 4.47 Å². The summed E-state index contributed by atoms with van der Waals surface area (Å²) >= 11 is 3.61. The normalized spacial score (nSPS) is 11.4. The first-order valence-electron chi connectivity index (χ1n) is 7.41. The zero-order chi connectivity index (χ0) is 15.3. The van der Waals surface area contributed by atoms with E-state index >= 15 is 0 Å². The summed E-state index contributed by atoms with van der Waals surface area (Å²) in [5, 5.41) is 2.59. The van der Waals surface area contributed by atoms with E-state index in [4.69, 9.17) is 0 Å².